The number of allylic oxidation sites excluding steroid dienone is 1. The summed E-state index contributed by atoms with van der Waals surface area (Å²) in [7, 11) is 0. The van der Waals surface area contributed by atoms with Gasteiger partial charge in [0, 0.05) is 17.4 Å². The Balaban J connectivity index is 1.86. The molecule has 2 saturated carbocycles. The van der Waals surface area contributed by atoms with E-state index in [1.54, 1.807) is 6.92 Å². The maximum Gasteiger partial charge on any atom is 0.509 e. The highest BCUT2D eigenvalue weighted by atomic mass is 16.8. The van der Waals surface area contributed by atoms with Gasteiger partial charge in [0.15, 0.2) is 35.0 Å². The van der Waals surface area contributed by atoms with Gasteiger partial charge in [0.1, 0.15) is 0 Å². The predicted octanol–water partition coefficient (Wildman–Crippen LogP) is 3.50. The van der Waals surface area contributed by atoms with Crippen LogP contribution in [0.5, 0.6) is 0 Å². The predicted molar refractivity (Wildman–Crippen MR) is 101 cm³/mol. The van der Waals surface area contributed by atoms with E-state index in [4.69, 9.17) is 23.7 Å². The van der Waals surface area contributed by atoms with Crippen LogP contribution in [-0.2, 0) is 28.5 Å². The summed E-state index contributed by atoms with van der Waals surface area (Å²) in [5.74, 6) is -0.872. The number of rotatable bonds is 0. The Morgan fingerprint density at radius 3 is 2.41 bits per heavy atom. The molecule has 2 saturated heterocycles. The molecule has 0 amide bonds. The molecule has 7 heteroatoms. The van der Waals surface area contributed by atoms with E-state index >= 15 is 0 Å². The van der Waals surface area contributed by atoms with Gasteiger partial charge in [-0.15, -0.1) is 0 Å². The number of fused-ring (bicyclic) bond motifs is 3. The lowest BCUT2D eigenvalue weighted by molar-refractivity contribution is -0.444. The summed E-state index contributed by atoms with van der Waals surface area (Å²) < 4.78 is 30.8. The Hall–Kier alpha value is -1.60. The molecule has 0 aromatic heterocycles. The van der Waals surface area contributed by atoms with Crippen molar-refractivity contribution in [1.82, 2.24) is 0 Å². The van der Waals surface area contributed by atoms with Crippen molar-refractivity contribution in [2.75, 3.05) is 0 Å². The first kappa shape index (κ1) is 19.4. The zero-order chi connectivity index (χ0) is 21.2. The molecule has 7 nitrogen and oxygen atoms in total. The third-order valence-electron chi connectivity index (χ3n) is 8.17. The van der Waals surface area contributed by atoms with E-state index in [-0.39, 0.29) is 23.2 Å². The van der Waals surface area contributed by atoms with Crippen LogP contribution in [-0.4, -0.2) is 47.2 Å². The van der Waals surface area contributed by atoms with Gasteiger partial charge in [-0.05, 0) is 46.0 Å². The van der Waals surface area contributed by atoms with Gasteiger partial charge in [0.2, 0.25) is 0 Å². The molecule has 29 heavy (non-hydrogen) atoms. The largest absolute Gasteiger partial charge is 0.509 e. The minimum atomic E-state index is -1.37. The Morgan fingerprint density at radius 2 is 1.72 bits per heavy atom. The highest BCUT2D eigenvalue weighted by molar-refractivity contribution is 6.01. The standard InChI is InChI=1S/C22H30O7/c1-11-10-12(23)22-20(6)13(28-19(4,5)29-22)8-9-18(2,3)15(20)14-16(21(22,7)27-11)26-17(24)25-14/h10,13-16H,8-9H2,1-7H3/t13-,14-,15-,16-,20-,21-,22-/m0/s1. The minimum Gasteiger partial charge on any atom is -0.484 e. The van der Waals surface area contributed by atoms with Crippen molar-refractivity contribution >= 4 is 11.9 Å². The van der Waals surface area contributed by atoms with E-state index in [0.717, 1.165) is 12.8 Å². The van der Waals surface area contributed by atoms with Gasteiger partial charge in [0.25, 0.3) is 0 Å². The Labute approximate surface area is 171 Å². The van der Waals surface area contributed by atoms with Gasteiger partial charge < -0.3 is 23.7 Å². The smallest absolute Gasteiger partial charge is 0.484 e. The number of carbonyl (C=O) groups excluding carboxylic acids is 2. The molecule has 0 bridgehead atoms. The number of ketones is 1. The van der Waals surface area contributed by atoms with Crippen molar-refractivity contribution in [3.8, 4) is 0 Å². The molecule has 0 radical (unpaired) electrons. The molecule has 0 N–H and O–H groups in total. The number of hydrogen-bond donors (Lipinski definition) is 0. The average molecular weight is 406 g/mol. The lowest BCUT2D eigenvalue weighted by Gasteiger charge is -2.73. The Morgan fingerprint density at radius 1 is 1.03 bits per heavy atom. The topological polar surface area (TPSA) is 80.3 Å². The third kappa shape index (κ3) is 2.01. The fourth-order valence-electron chi connectivity index (χ4n) is 7.45. The van der Waals surface area contributed by atoms with E-state index in [9.17, 15) is 9.59 Å². The van der Waals surface area contributed by atoms with Crippen molar-refractivity contribution in [2.24, 2.45) is 16.7 Å². The lowest BCUT2D eigenvalue weighted by Crippen LogP contribution is -2.87. The molecule has 0 aromatic rings. The van der Waals surface area contributed by atoms with Crippen LogP contribution < -0.4 is 0 Å². The molecule has 0 aromatic carbocycles. The average Bonchev–Trinajstić information content (AvgIpc) is 2.94. The van der Waals surface area contributed by atoms with Crippen LogP contribution in [0.1, 0.15) is 61.3 Å². The summed E-state index contributed by atoms with van der Waals surface area (Å²) in [6.07, 6.45) is 0.909. The van der Waals surface area contributed by atoms with Crippen molar-refractivity contribution in [2.45, 2.75) is 96.6 Å². The van der Waals surface area contributed by atoms with Crippen LogP contribution in [0, 0.1) is 16.7 Å². The Bertz CT molecular complexity index is 844. The quantitative estimate of drug-likeness (QED) is 0.570. The van der Waals surface area contributed by atoms with E-state index in [2.05, 4.69) is 20.8 Å². The number of hydrogen-bond acceptors (Lipinski definition) is 7. The van der Waals surface area contributed by atoms with Crippen LogP contribution in [0.15, 0.2) is 11.8 Å². The first-order valence-corrected chi connectivity index (χ1v) is 10.5. The number of ether oxygens (including phenoxy) is 5. The van der Waals surface area contributed by atoms with Gasteiger partial charge in [-0.1, -0.05) is 20.8 Å². The molecule has 4 fully saturated rings. The second-order valence-corrected chi connectivity index (χ2v) is 10.8. The minimum absolute atomic E-state index is 0.156. The van der Waals surface area contributed by atoms with Gasteiger partial charge in [-0.3, -0.25) is 4.79 Å². The van der Waals surface area contributed by atoms with E-state index in [1.807, 2.05) is 20.8 Å². The number of carbonyl (C=O) groups is 2. The summed E-state index contributed by atoms with van der Waals surface area (Å²) in [5.41, 5.74) is -3.61. The first-order valence-electron chi connectivity index (χ1n) is 10.5. The first-order chi connectivity index (χ1) is 13.3. The third-order valence-corrected chi connectivity index (χ3v) is 8.17. The molecular formula is C22H30O7. The summed E-state index contributed by atoms with van der Waals surface area (Å²) in [6.45, 7) is 13.6. The maximum absolute atomic E-state index is 13.9. The van der Waals surface area contributed by atoms with Crippen LogP contribution in [0.3, 0.4) is 0 Å². The zero-order valence-corrected chi connectivity index (χ0v) is 18.2. The molecule has 5 rings (SSSR count). The van der Waals surface area contributed by atoms with Crippen LogP contribution >= 0.6 is 0 Å². The SMILES string of the molecule is CC1=CC(=O)[C@@]23OC(C)(C)O[C@H]4CCC(C)(C)[C@H]([C@@H]5OC(=O)O[C@@H]5[C@]2(C)O1)[C@]43C. The molecule has 2 aliphatic carbocycles. The molecule has 0 unspecified atom stereocenters. The van der Waals surface area contributed by atoms with Gasteiger partial charge >= 0.3 is 6.16 Å². The van der Waals surface area contributed by atoms with Crippen LogP contribution in [0.4, 0.5) is 4.79 Å². The molecule has 5 aliphatic rings. The fraction of sp³-hybridized carbons (Fsp3) is 0.818. The molecule has 160 valence electrons. The van der Waals surface area contributed by atoms with Crippen molar-refractivity contribution in [3.63, 3.8) is 0 Å². The monoisotopic (exact) mass is 406 g/mol. The summed E-state index contributed by atoms with van der Waals surface area (Å²) in [6, 6.07) is 0. The highest BCUT2D eigenvalue weighted by Crippen LogP contribution is 2.71. The van der Waals surface area contributed by atoms with E-state index in [1.165, 1.54) is 6.08 Å². The fourth-order valence-corrected chi connectivity index (χ4v) is 7.45. The summed E-state index contributed by atoms with van der Waals surface area (Å²) >= 11 is 0. The van der Waals surface area contributed by atoms with Gasteiger partial charge in [-0.2, -0.15) is 0 Å². The Kier molecular flexibility index (Phi) is 3.45. The van der Waals surface area contributed by atoms with E-state index in [0.29, 0.717) is 5.76 Å². The molecule has 1 spiro atoms. The zero-order valence-electron chi connectivity index (χ0n) is 18.2. The lowest BCUT2D eigenvalue weighted by atomic mass is 9.40. The molecule has 3 heterocycles. The maximum atomic E-state index is 13.9. The summed E-state index contributed by atoms with van der Waals surface area (Å²) in [4.78, 5) is 26.2. The van der Waals surface area contributed by atoms with Crippen LogP contribution in [0.2, 0.25) is 0 Å². The second kappa shape index (κ2) is 5.17. The molecule has 3 aliphatic heterocycles. The van der Waals surface area contributed by atoms with Crippen molar-refractivity contribution in [1.29, 1.82) is 0 Å². The normalized spacial score (nSPS) is 51.5. The van der Waals surface area contributed by atoms with E-state index < -0.39 is 40.8 Å². The molecular weight excluding hydrogens is 376 g/mol. The van der Waals surface area contributed by atoms with Crippen LogP contribution in [0.25, 0.3) is 0 Å². The van der Waals surface area contributed by atoms with Crippen molar-refractivity contribution < 1.29 is 33.3 Å². The second-order valence-electron chi connectivity index (χ2n) is 10.8. The van der Waals surface area contributed by atoms with Gasteiger partial charge in [0.05, 0.1) is 11.9 Å². The van der Waals surface area contributed by atoms with Gasteiger partial charge in [-0.25, -0.2) is 4.79 Å². The summed E-state index contributed by atoms with van der Waals surface area (Å²) in [5, 5.41) is 0. The van der Waals surface area contributed by atoms with Crippen molar-refractivity contribution in [3.05, 3.63) is 11.8 Å². The highest BCUT2D eigenvalue weighted by Gasteiger charge is 2.86. The molecule has 7 atom stereocenters.